The Kier molecular flexibility index (Phi) is 4.07. The number of nitrogens with one attached hydrogen (secondary N) is 1. The van der Waals surface area contributed by atoms with Gasteiger partial charge in [-0.15, -0.1) is 0 Å². The highest BCUT2D eigenvalue weighted by atomic mass is 15.3. The Labute approximate surface area is 85.7 Å². The summed E-state index contributed by atoms with van der Waals surface area (Å²) >= 11 is 0. The van der Waals surface area contributed by atoms with E-state index < -0.39 is 0 Å². The monoisotopic (exact) mass is 196 g/mol. The maximum atomic E-state index is 4.22. The van der Waals surface area contributed by atoms with Crippen LogP contribution in [0.3, 0.4) is 0 Å². The third kappa shape index (κ3) is 3.10. The molecule has 0 aliphatic rings. The van der Waals surface area contributed by atoms with Gasteiger partial charge in [0.15, 0.2) is 0 Å². The van der Waals surface area contributed by atoms with Gasteiger partial charge in [-0.2, -0.15) is 5.10 Å². The molecule has 0 aromatic carbocycles. The molecule has 1 atom stereocenters. The first-order valence-electron chi connectivity index (χ1n) is 5.13. The molecule has 1 aromatic heterocycles. The molecule has 14 heavy (non-hydrogen) atoms. The smallest absolute Gasteiger partial charge is 0.138 e. The first-order valence-corrected chi connectivity index (χ1v) is 5.13. The van der Waals surface area contributed by atoms with Gasteiger partial charge in [0.1, 0.15) is 12.2 Å². The van der Waals surface area contributed by atoms with Crippen LogP contribution >= 0.6 is 0 Å². The summed E-state index contributed by atoms with van der Waals surface area (Å²) in [7, 11) is 3.94. The quantitative estimate of drug-likeness (QED) is 0.763. The molecule has 0 radical (unpaired) electrons. The number of nitrogens with zero attached hydrogens (tertiary/aromatic N) is 3. The van der Waals surface area contributed by atoms with Crippen LogP contribution in [0.15, 0.2) is 6.33 Å². The van der Waals surface area contributed by atoms with Gasteiger partial charge < -0.3 is 5.32 Å². The molecule has 0 spiro atoms. The average Bonchev–Trinajstić information content (AvgIpc) is 2.50. The molecule has 0 bridgehead atoms. The number of likely N-dealkylation sites (N-methyl/N-ethyl adjacent to an activating group) is 1. The third-order valence-corrected chi connectivity index (χ3v) is 2.40. The predicted octanol–water partition coefficient (Wildman–Crippen LogP) is 0.992. The highest BCUT2D eigenvalue weighted by Gasteiger charge is 2.12. The summed E-state index contributed by atoms with van der Waals surface area (Å²) in [5.74, 6) is 1.76. The van der Waals surface area contributed by atoms with E-state index in [1.54, 1.807) is 6.33 Å². The van der Waals surface area contributed by atoms with Gasteiger partial charge in [0.25, 0.3) is 0 Å². The Balaban J connectivity index is 2.52. The van der Waals surface area contributed by atoms with Crippen LogP contribution in [0.25, 0.3) is 0 Å². The maximum Gasteiger partial charge on any atom is 0.138 e. The summed E-state index contributed by atoms with van der Waals surface area (Å²) in [6.07, 6.45) is 3.73. The van der Waals surface area contributed by atoms with E-state index in [2.05, 4.69) is 29.2 Å². The number of aryl methyl sites for hydroxylation is 1. The van der Waals surface area contributed by atoms with Crippen LogP contribution < -0.4 is 5.32 Å². The van der Waals surface area contributed by atoms with Gasteiger partial charge in [-0.25, -0.2) is 4.98 Å². The summed E-state index contributed by atoms with van der Waals surface area (Å²) in [6, 6.07) is 0.498. The van der Waals surface area contributed by atoms with Crippen molar-refractivity contribution in [3.63, 3.8) is 0 Å². The molecular formula is C10H20N4. The van der Waals surface area contributed by atoms with Gasteiger partial charge >= 0.3 is 0 Å². The van der Waals surface area contributed by atoms with Crippen LogP contribution in [-0.2, 0) is 13.5 Å². The van der Waals surface area contributed by atoms with Gasteiger partial charge in [0.2, 0.25) is 0 Å². The van der Waals surface area contributed by atoms with E-state index in [1.807, 2.05) is 18.8 Å². The van der Waals surface area contributed by atoms with Crippen molar-refractivity contribution >= 4 is 0 Å². The summed E-state index contributed by atoms with van der Waals surface area (Å²) < 4.78 is 1.84. The van der Waals surface area contributed by atoms with Crippen LogP contribution in [0.4, 0.5) is 0 Å². The average molecular weight is 196 g/mol. The Morgan fingerprint density at radius 2 is 2.21 bits per heavy atom. The molecular weight excluding hydrogens is 176 g/mol. The largest absolute Gasteiger partial charge is 0.317 e. The molecule has 0 amide bonds. The summed E-state index contributed by atoms with van der Waals surface area (Å²) in [6.45, 7) is 4.47. The topological polar surface area (TPSA) is 42.7 Å². The second-order valence-corrected chi connectivity index (χ2v) is 4.12. The van der Waals surface area contributed by atoms with E-state index >= 15 is 0 Å². The van der Waals surface area contributed by atoms with Crippen molar-refractivity contribution in [2.24, 2.45) is 13.0 Å². The van der Waals surface area contributed by atoms with E-state index in [1.165, 1.54) is 6.42 Å². The summed E-state index contributed by atoms with van der Waals surface area (Å²) in [5, 5.41) is 7.38. The molecule has 1 N–H and O–H groups in total. The van der Waals surface area contributed by atoms with Crippen molar-refractivity contribution in [2.75, 3.05) is 7.05 Å². The fourth-order valence-corrected chi connectivity index (χ4v) is 1.60. The van der Waals surface area contributed by atoms with Crippen molar-refractivity contribution in [3.8, 4) is 0 Å². The Bertz CT molecular complexity index is 267. The van der Waals surface area contributed by atoms with E-state index in [0.29, 0.717) is 12.0 Å². The molecule has 1 rings (SSSR count). The standard InChI is InChI=1S/C10H20N4/c1-8(2)5-9(11-3)6-10-12-7-13-14(10)4/h7-9,11H,5-6H2,1-4H3. The van der Waals surface area contributed by atoms with E-state index in [0.717, 1.165) is 12.2 Å². The van der Waals surface area contributed by atoms with Crippen LogP contribution in [0, 0.1) is 5.92 Å². The zero-order valence-corrected chi connectivity index (χ0v) is 9.49. The molecule has 0 saturated heterocycles. The number of aromatic nitrogens is 3. The zero-order valence-electron chi connectivity index (χ0n) is 9.49. The molecule has 1 aromatic rings. The van der Waals surface area contributed by atoms with Gasteiger partial charge in [-0.1, -0.05) is 13.8 Å². The Hall–Kier alpha value is -0.900. The molecule has 0 fully saturated rings. The highest BCUT2D eigenvalue weighted by Crippen LogP contribution is 2.08. The van der Waals surface area contributed by atoms with Gasteiger partial charge in [-0.3, -0.25) is 4.68 Å². The van der Waals surface area contributed by atoms with Crippen LogP contribution in [0.1, 0.15) is 26.1 Å². The first-order chi connectivity index (χ1) is 6.63. The lowest BCUT2D eigenvalue weighted by Gasteiger charge is -2.17. The van der Waals surface area contributed by atoms with Crippen LogP contribution in [0.5, 0.6) is 0 Å². The van der Waals surface area contributed by atoms with E-state index in [-0.39, 0.29) is 0 Å². The van der Waals surface area contributed by atoms with Gasteiger partial charge in [0, 0.05) is 19.5 Å². The minimum Gasteiger partial charge on any atom is -0.317 e. The van der Waals surface area contributed by atoms with Crippen LogP contribution in [0.2, 0.25) is 0 Å². The Morgan fingerprint density at radius 1 is 1.50 bits per heavy atom. The van der Waals surface area contributed by atoms with Crippen molar-refractivity contribution < 1.29 is 0 Å². The molecule has 4 nitrogen and oxygen atoms in total. The molecule has 4 heteroatoms. The molecule has 80 valence electrons. The molecule has 0 saturated carbocycles. The lowest BCUT2D eigenvalue weighted by atomic mass is 10.0. The van der Waals surface area contributed by atoms with Crippen LogP contribution in [-0.4, -0.2) is 27.9 Å². The number of hydrogen-bond donors (Lipinski definition) is 1. The zero-order chi connectivity index (χ0) is 10.6. The van der Waals surface area contributed by atoms with E-state index in [9.17, 15) is 0 Å². The SMILES string of the molecule is CNC(Cc1ncnn1C)CC(C)C. The normalized spacial score (nSPS) is 13.5. The molecule has 1 heterocycles. The fraction of sp³-hybridized carbons (Fsp3) is 0.800. The second-order valence-electron chi connectivity index (χ2n) is 4.12. The third-order valence-electron chi connectivity index (χ3n) is 2.40. The number of rotatable bonds is 5. The molecule has 1 unspecified atom stereocenters. The van der Waals surface area contributed by atoms with Crippen molar-refractivity contribution in [3.05, 3.63) is 12.2 Å². The highest BCUT2D eigenvalue weighted by molar-refractivity contribution is 4.88. The summed E-state index contributed by atoms with van der Waals surface area (Å²) in [5.41, 5.74) is 0. The minimum absolute atomic E-state index is 0.498. The maximum absolute atomic E-state index is 4.22. The molecule has 0 aliphatic carbocycles. The van der Waals surface area contributed by atoms with Crippen molar-refractivity contribution in [1.29, 1.82) is 0 Å². The van der Waals surface area contributed by atoms with Gasteiger partial charge in [0.05, 0.1) is 0 Å². The van der Waals surface area contributed by atoms with Gasteiger partial charge in [-0.05, 0) is 19.4 Å². The number of hydrogen-bond acceptors (Lipinski definition) is 3. The lowest BCUT2D eigenvalue weighted by molar-refractivity contribution is 0.429. The molecule has 0 aliphatic heterocycles. The van der Waals surface area contributed by atoms with Crippen molar-refractivity contribution in [2.45, 2.75) is 32.7 Å². The first kappa shape index (κ1) is 11.2. The van der Waals surface area contributed by atoms with E-state index in [4.69, 9.17) is 0 Å². The Morgan fingerprint density at radius 3 is 2.64 bits per heavy atom. The minimum atomic E-state index is 0.498. The second kappa shape index (κ2) is 5.10. The fourth-order valence-electron chi connectivity index (χ4n) is 1.60. The predicted molar refractivity (Wildman–Crippen MR) is 57.0 cm³/mol. The van der Waals surface area contributed by atoms with Crippen molar-refractivity contribution in [1.82, 2.24) is 20.1 Å². The lowest BCUT2D eigenvalue weighted by Crippen LogP contribution is -2.30. The summed E-state index contributed by atoms with van der Waals surface area (Å²) in [4.78, 5) is 4.22.